The fourth-order valence-corrected chi connectivity index (χ4v) is 1.06. The van der Waals surface area contributed by atoms with E-state index in [0.717, 1.165) is 0 Å². The first-order valence-electron chi connectivity index (χ1n) is 3.52. The number of alkyl halides is 4. The number of hydrogen-bond acceptors (Lipinski definition) is 6. The fourth-order valence-electron chi connectivity index (χ4n) is 0.493. The van der Waals surface area contributed by atoms with E-state index < -0.39 is 46.4 Å². The van der Waals surface area contributed by atoms with Crippen molar-refractivity contribution in [2.24, 2.45) is 0 Å². The SMILES string of the molecule is O=[SH](=O)OCC(F)(F)C(F)(F)COS(=O)(=O)O. The zero-order valence-electron chi connectivity index (χ0n) is 7.68. The Balaban J connectivity index is 4.65. The second-order valence-corrected chi connectivity index (χ2v) is 4.39. The third-order valence-corrected chi connectivity index (χ3v) is 2.03. The monoisotopic (exact) mass is 306 g/mol. The summed E-state index contributed by atoms with van der Waals surface area (Å²) in [7, 11) is -9.09. The van der Waals surface area contributed by atoms with Gasteiger partial charge in [-0.2, -0.15) is 26.0 Å². The van der Waals surface area contributed by atoms with Gasteiger partial charge in [-0.3, -0.25) is 8.74 Å². The van der Waals surface area contributed by atoms with E-state index in [1.807, 2.05) is 0 Å². The Hall–Kier alpha value is -0.500. The van der Waals surface area contributed by atoms with Gasteiger partial charge in [0.1, 0.15) is 13.2 Å². The zero-order valence-corrected chi connectivity index (χ0v) is 9.39. The average Bonchev–Trinajstić information content (AvgIpc) is 2.10. The van der Waals surface area contributed by atoms with Crippen LogP contribution in [0.2, 0.25) is 0 Å². The van der Waals surface area contributed by atoms with Crippen LogP contribution in [0.25, 0.3) is 0 Å². The normalized spacial score (nSPS) is 14.2. The molecule has 0 aliphatic carbocycles. The molecule has 0 atom stereocenters. The highest BCUT2D eigenvalue weighted by Gasteiger charge is 2.57. The van der Waals surface area contributed by atoms with Crippen molar-refractivity contribution in [2.75, 3.05) is 13.2 Å². The largest absolute Gasteiger partial charge is 0.397 e. The molecule has 13 heteroatoms. The minimum Gasteiger partial charge on any atom is -0.266 e. The zero-order chi connectivity index (χ0) is 13.9. The molecule has 0 saturated carbocycles. The first kappa shape index (κ1) is 16.5. The Morgan fingerprint density at radius 2 is 1.47 bits per heavy atom. The summed E-state index contributed by atoms with van der Waals surface area (Å²) < 4.78 is 104. The van der Waals surface area contributed by atoms with E-state index in [1.165, 1.54) is 0 Å². The molecule has 0 bridgehead atoms. The molecular formula is C4H6F4O7S2. The van der Waals surface area contributed by atoms with E-state index in [0.29, 0.717) is 0 Å². The molecule has 0 radical (unpaired) electrons. The maximum absolute atomic E-state index is 12.7. The van der Waals surface area contributed by atoms with Crippen molar-refractivity contribution < 1.29 is 47.3 Å². The lowest BCUT2D eigenvalue weighted by Crippen LogP contribution is -2.47. The Morgan fingerprint density at radius 3 is 1.82 bits per heavy atom. The molecule has 0 fully saturated rings. The predicted octanol–water partition coefficient (Wildman–Crippen LogP) is -0.381. The fraction of sp³-hybridized carbons (Fsp3) is 1.00. The summed E-state index contributed by atoms with van der Waals surface area (Å²) in [4.78, 5) is 0. The molecule has 0 unspecified atom stereocenters. The third kappa shape index (κ3) is 6.11. The topological polar surface area (TPSA) is 107 Å². The van der Waals surface area contributed by atoms with Gasteiger partial charge in [0, 0.05) is 0 Å². The standard InChI is InChI=1S/C4H6F4O7S2/c5-3(6,1-14-16(9)10)4(7,8)2-15-17(11,12)13/h16H,1-2H2,(H,11,12,13). The van der Waals surface area contributed by atoms with Crippen LogP contribution in [0.4, 0.5) is 17.6 Å². The van der Waals surface area contributed by atoms with Gasteiger partial charge in [-0.15, -0.1) is 0 Å². The minimum atomic E-state index is -5.32. The van der Waals surface area contributed by atoms with E-state index >= 15 is 0 Å². The summed E-state index contributed by atoms with van der Waals surface area (Å²) in [6.07, 6.45) is 0. The lowest BCUT2D eigenvalue weighted by Gasteiger charge is -2.24. The highest BCUT2D eigenvalue weighted by molar-refractivity contribution is 7.80. The van der Waals surface area contributed by atoms with E-state index in [9.17, 15) is 34.4 Å². The van der Waals surface area contributed by atoms with Crippen LogP contribution in [0.1, 0.15) is 0 Å². The maximum atomic E-state index is 12.7. The lowest BCUT2D eigenvalue weighted by atomic mass is 10.2. The summed E-state index contributed by atoms with van der Waals surface area (Å²) in [5, 5.41) is 0. The van der Waals surface area contributed by atoms with Crippen LogP contribution < -0.4 is 0 Å². The second-order valence-electron chi connectivity index (χ2n) is 2.60. The molecule has 0 aromatic heterocycles. The van der Waals surface area contributed by atoms with E-state index in [2.05, 4.69) is 8.37 Å². The highest BCUT2D eigenvalue weighted by Crippen LogP contribution is 2.35. The molecule has 0 amide bonds. The van der Waals surface area contributed by atoms with Gasteiger partial charge in [-0.1, -0.05) is 0 Å². The van der Waals surface area contributed by atoms with Crippen LogP contribution in [-0.4, -0.2) is 46.4 Å². The van der Waals surface area contributed by atoms with Crippen molar-refractivity contribution in [2.45, 2.75) is 11.8 Å². The molecule has 7 nitrogen and oxygen atoms in total. The number of rotatable bonds is 7. The second kappa shape index (κ2) is 5.43. The van der Waals surface area contributed by atoms with Gasteiger partial charge < -0.3 is 0 Å². The van der Waals surface area contributed by atoms with Gasteiger partial charge in [-0.05, 0) is 0 Å². The van der Waals surface area contributed by atoms with Gasteiger partial charge in [0.05, 0.1) is 0 Å². The van der Waals surface area contributed by atoms with Crippen LogP contribution in [0.15, 0.2) is 0 Å². The van der Waals surface area contributed by atoms with Crippen molar-refractivity contribution in [3.8, 4) is 0 Å². The third-order valence-electron chi connectivity index (χ3n) is 1.28. The number of halogens is 4. The molecule has 1 N–H and O–H groups in total. The first-order valence-corrected chi connectivity index (χ1v) is 5.98. The van der Waals surface area contributed by atoms with Crippen LogP contribution in [-0.2, 0) is 29.8 Å². The smallest absolute Gasteiger partial charge is 0.266 e. The Labute approximate surface area is 94.4 Å². The summed E-state index contributed by atoms with van der Waals surface area (Å²) >= 11 is 0. The van der Waals surface area contributed by atoms with Crippen LogP contribution in [0.5, 0.6) is 0 Å². The van der Waals surface area contributed by atoms with Gasteiger partial charge in [0.2, 0.25) is 0 Å². The summed E-state index contributed by atoms with van der Waals surface area (Å²) in [6, 6.07) is 0. The molecule has 0 aliphatic rings. The van der Waals surface area contributed by atoms with Gasteiger partial charge >= 0.3 is 22.2 Å². The van der Waals surface area contributed by atoms with Gasteiger partial charge in [0.25, 0.3) is 11.0 Å². The minimum absolute atomic E-state index is 2.19. The van der Waals surface area contributed by atoms with Gasteiger partial charge in [0.15, 0.2) is 0 Å². The van der Waals surface area contributed by atoms with E-state index in [4.69, 9.17) is 4.55 Å². The molecule has 0 rings (SSSR count). The molecule has 17 heavy (non-hydrogen) atoms. The Bertz CT molecular complexity index is 419. The summed E-state index contributed by atoms with van der Waals surface area (Å²) in [5.74, 6) is -10.0. The first-order chi connectivity index (χ1) is 7.37. The molecule has 0 aromatic rings. The summed E-state index contributed by atoms with van der Waals surface area (Å²) in [5.41, 5.74) is 0. The predicted molar refractivity (Wildman–Crippen MR) is 43.7 cm³/mol. The molecule has 0 aromatic carbocycles. The van der Waals surface area contributed by atoms with Crippen LogP contribution in [0, 0.1) is 0 Å². The molecule has 0 aliphatic heterocycles. The van der Waals surface area contributed by atoms with Crippen molar-refractivity contribution in [1.29, 1.82) is 0 Å². The maximum Gasteiger partial charge on any atom is 0.397 e. The number of hydrogen-bond donors (Lipinski definition) is 2. The Morgan fingerprint density at radius 1 is 1.06 bits per heavy atom. The van der Waals surface area contributed by atoms with E-state index in [1.54, 1.807) is 0 Å². The van der Waals surface area contributed by atoms with Crippen molar-refractivity contribution >= 4 is 21.4 Å². The van der Waals surface area contributed by atoms with Crippen LogP contribution in [0.3, 0.4) is 0 Å². The molecule has 0 saturated heterocycles. The van der Waals surface area contributed by atoms with Crippen molar-refractivity contribution in [3.05, 3.63) is 0 Å². The molecule has 0 spiro atoms. The van der Waals surface area contributed by atoms with Gasteiger partial charge in [-0.25, -0.2) is 12.6 Å². The van der Waals surface area contributed by atoms with E-state index in [-0.39, 0.29) is 0 Å². The molecule has 104 valence electrons. The van der Waals surface area contributed by atoms with Crippen molar-refractivity contribution in [1.82, 2.24) is 0 Å². The quantitative estimate of drug-likeness (QED) is 0.375. The van der Waals surface area contributed by atoms with Crippen LogP contribution >= 0.6 is 0 Å². The highest BCUT2D eigenvalue weighted by atomic mass is 32.3. The number of thiol groups is 1. The summed E-state index contributed by atoms with van der Waals surface area (Å²) in [6.45, 7) is -4.55. The van der Waals surface area contributed by atoms with Crippen molar-refractivity contribution in [3.63, 3.8) is 0 Å². The molecular weight excluding hydrogens is 300 g/mol. The molecule has 0 heterocycles. The average molecular weight is 306 g/mol. The Kier molecular flexibility index (Phi) is 5.27. The lowest BCUT2D eigenvalue weighted by molar-refractivity contribution is -0.232.